The van der Waals surface area contributed by atoms with Gasteiger partial charge in [0.15, 0.2) is 6.20 Å². The number of anilines is 1. The lowest BCUT2D eigenvalue weighted by atomic mass is 10.2. The molecule has 0 radical (unpaired) electrons. The number of ether oxygens (including phenoxy) is 1. The summed E-state index contributed by atoms with van der Waals surface area (Å²) in [4.78, 5) is 16.5. The summed E-state index contributed by atoms with van der Waals surface area (Å²) in [6, 6.07) is 13.1. The number of thioether (sulfide) groups is 1. The summed E-state index contributed by atoms with van der Waals surface area (Å²) in [5.41, 5.74) is 1.06. The number of para-hydroxylation sites is 2. The molecule has 6 nitrogen and oxygen atoms in total. The van der Waals surface area contributed by atoms with E-state index in [-0.39, 0.29) is 11.7 Å². The van der Waals surface area contributed by atoms with Crippen LogP contribution in [0.4, 0.5) is 5.69 Å². The van der Waals surface area contributed by atoms with E-state index in [1.807, 2.05) is 29.2 Å². The molecule has 0 aliphatic carbocycles. The third-order valence-corrected chi connectivity index (χ3v) is 5.19. The zero-order valence-electron chi connectivity index (χ0n) is 14.1. The molecule has 25 heavy (non-hydrogen) atoms. The lowest BCUT2D eigenvalue weighted by Gasteiger charge is -2.36. The van der Waals surface area contributed by atoms with E-state index in [1.165, 1.54) is 18.0 Å². The fourth-order valence-corrected chi connectivity index (χ4v) is 3.66. The first-order chi connectivity index (χ1) is 12.2. The molecular formula is C18H21N3O3S. The molecule has 1 saturated heterocycles. The molecule has 2 heterocycles. The Balaban J connectivity index is 1.53. The Hall–Kier alpha value is -2.41. The van der Waals surface area contributed by atoms with E-state index in [9.17, 15) is 10.0 Å². The van der Waals surface area contributed by atoms with Gasteiger partial charge in [-0.3, -0.25) is 4.79 Å². The molecule has 0 spiro atoms. The Bertz CT molecular complexity index is 733. The molecule has 1 fully saturated rings. The minimum atomic E-state index is 0.0635. The van der Waals surface area contributed by atoms with Crippen molar-refractivity contribution < 1.29 is 14.3 Å². The maximum atomic E-state index is 12.4. The molecule has 2 aromatic rings. The molecule has 1 aliphatic heterocycles. The molecule has 132 valence electrons. The van der Waals surface area contributed by atoms with Crippen LogP contribution in [-0.2, 0) is 4.79 Å². The second kappa shape index (κ2) is 8.11. The van der Waals surface area contributed by atoms with E-state index >= 15 is 0 Å². The number of piperazine rings is 1. The van der Waals surface area contributed by atoms with Crippen LogP contribution in [0.25, 0.3) is 0 Å². The maximum Gasteiger partial charge on any atom is 0.251 e. The van der Waals surface area contributed by atoms with E-state index in [2.05, 4.69) is 4.90 Å². The Kier molecular flexibility index (Phi) is 5.65. The Morgan fingerprint density at radius 2 is 1.88 bits per heavy atom. The van der Waals surface area contributed by atoms with Crippen molar-refractivity contribution >= 4 is 23.4 Å². The van der Waals surface area contributed by atoms with Gasteiger partial charge in [0.05, 0.1) is 18.6 Å². The number of methoxy groups -OCH3 is 1. The van der Waals surface area contributed by atoms with Gasteiger partial charge < -0.3 is 19.7 Å². The Morgan fingerprint density at radius 3 is 2.60 bits per heavy atom. The number of benzene rings is 1. The van der Waals surface area contributed by atoms with Crippen LogP contribution in [0.3, 0.4) is 0 Å². The fraction of sp³-hybridized carbons (Fsp3) is 0.333. The lowest BCUT2D eigenvalue weighted by Crippen LogP contribution is -2.49. The number of aromatic nitrogens is 1. The zero-order valence-corrected chi connectivity index (χ0v) is 14.9. The van der Waals surface area contributed by atoms with Crippen LogP contribution in [0.2, 0.25) is 0 Å². The van der Waals surface area contributed by atoms with E-state index in [4.69, 9.17) is 4.74 Å². The number of amides is 1. The van der Waals surface area contributed by atoms with Gasteiger partial charge in [0, 0.05) is 38.3 Å². The highest BCUT2D eigenvalue weighted by Gasteiger charge is 2.23. The Labute approximate surface area is 151 Å². The van der Waals surface area contributed by atoms with Gasteiger partial charge in [-0.05, 0) is 30.0 Å². The summed E-state index contributed by atoms with van der Waals surface area (Å²) in [5.74, 6) is 1.19. The summed E-state index contributed by atoms with van der Waals surface area (Å²) < 4.78 is 6.20. The molecule has 0 atom stereocenters. The van der Waals surface area contributed by atoms with Crippen LogP contribution in [-0.4, -0.2) is 49.8 Å². The molecule has 0 bridgehead atoms. The van der Waals surface area contributed by atoms with E-state index < -0.39 is 0 Å². The fourth-order valence-electron chi connectivity index (χ4n) is 2.84. The minimum absolute atomic E-state index is 0.0635. The second-order valence-electron chi connectivity index (χ2n) is 5.69. The van der Waals surface area contributed by atoms with Gasteiger partial charge in [-0.1, -0.05) is 12.1 Å². The summed E-state index contributed by atoms with van der Waals surface area (Å²) >= 11 is 1.28. The van der Waals surface area contributed by atoms with Crippen molar-refractivity contribution in [1.82, 2.24) is 4.90 Å². The highest BCUT2D eigenvalue weighted by molar-refractivity contribution is 7.99. The van der Waals surface area contributed by atoms with Gasteiger partial charge in [-0.25, -0.2) is 0 Å². The Morgan fingerprint density at radius 1 is 1.16 bits per heavy atom. The molecule has 0 saturated carbocycles. The number of nitrogens with zero attached hydrogens (tertiary/aromatic N) is 3. The van der Waals surface area contributed by atoms with Gasteiger partial charge in [-0.15, -0.1) is 0 Å². The lowest BCUT2D eigenvalue weighted by molar-refractivity contribution is -0.645. The van der Waals surface area contributed by atoms with Crippen molar-refractivity contribution in [1.29, 1.82) is 0 Å². The second-order valence-corrected chi connectivity index (χ2v) is 6.69. The van der Waals surface area contributed by atoms with Gasteiger partial charge in [0.25, 0.3) is 5.03 Å². The standard InChI is InChI=1S/C18H21N3O3S/c1-24-16-7-3-2-6-15(16)19-10-12-20(13-11-19)17(22)14-25-18-8-4-5-9-21(18)23/h2-9H,10-14H2,1H3. The molecule has 1 aromatic carbocycles. The molecule has 0 N–H and O–H groups in total. The number of rotatable bonds is 5. The molecule has 1 aliphatic rings. The van der Waals surface area contributed by atoms with E-state index in [0.717, 1.165) is 29.3 Å². The van der Waals surface area contributed by atoms with Gasteiger partial charge in [0.1, 0.15) is 5.75 Å². The SMILES string of the molecule is COc1ccccc1N1CCN(C(=O)CSc2cccc[n+]2[O-])CC1. The average molecular weight is 359 g/mol. The third-order valence-electron chi connectivity index (χ3n) is 4.19. The van der Waals surface area contributed by atoms with Crippen molar-refractivity contribution in [3.8, 4) is 5.75 Å². The molecule has 7 heteroatoms. The van der Waals surface area contributed by atoms with Crippen molar-refractivity contribution in [2.45, 2.75) is 5.03 Å². The van der Waals surface area contributed by atoms with Crippen LogP contribution in [0.5, 0.6) is 5.75 Å². The van der Waals surface area contributed by atoms with Gasteiger partial charge in [-0.2, -0.15) is 4.73 Å². The topological polar surface area (TPSA) is 59.7 Å². The number of hydrogen-bond acceptors (Lipinski definition) is 5. The monoisotopic (exact) mass is 359 g/mol. The first-order valence-electron chi connectivity index (χ1n) is 8.16. The van der Waals surface area contributed by atoms with Crippen molar-refractivity contribution in [3.63, 3.8) is 0 Å². The van der Waals surface area contributed by atoms with E-state index in [1.54, 1.807) is 25.3 Å². The highest BCUT2D eigenvalue weighted by atomic mass is 32.2. The van der Waals surface area contributed by atoms with Crippen molar-refractivity contribution in [2.24, 2.45) is 0 Å². The number of hydrogen-bond donors (Lipinski definition) is 0. The number of carbonyl (C=O) groups is 1. The van der Waals surface area contributed by atoms with Crippen molar-refractivity contribution in [2.75, 3.05) is 43.9 Å². The van der Waals surface area contributed by atoms with Crippen LogP contribution in [0, 0.1) is 5.21 Å². The first-order valence-corrected chi connectivity index (χ1v) is 9.14. The summed E-state index contributed by atoms with van der Waals surface area (Å²) in [6.45, 7) is 2.88. The predicted octanol–water partition coefficient (Wildman–Crippen LogP) is 1.77. The van der Waals surface area contributed by atoms with E-state index in [0.29, 0.717) is 18.1 Å². The smallest absolute Gasteiger partial charge is 0.251 e. The minimum Gasteiger partial charge on any atom is -0.618 e. The van der Waals surface area contributed by atoms with Crippen LogP contribution >= 0.6 is 11.8 Å². The largest absolute Gasteiger partial charge is 0.618 e. The first kappa shape index (κ1) is 17.4. The maximum absolute atomic E-state index is 12.4. The molecular weight excluding hydrogens is 338 g/mol. The zero-order chi connectivity index (χ0) is 17.6. The predicted molar refractivity (Wildman–Crippen MR) is 97.9 cm³/mol. The molecule has 3 rings (SSSR count). The third kappa shape index (κ3) is 4.17. The average Bonchev–Trinajstić information content (AvgIpc) is 2.67. The molecule has 1 aromatic heterocycles. The molecule has 0 unspecified atom stereocenters. The molecule has 1 amide bonds. The summed E-state index contributed by atoms with van der Waals surface area (Å²) in [5, 5.41) is 12.2. The quantitative estimate of drug-likeness (QED) is 0.463. The number of carbonyl (C=O) groups excluding carboxylic acids is 1. The normalized spacial score (nSPS) is 14.4. The summed E-state index contributed by atoms with van der Waals surface area (Å²) in [7, 11) is 1.67. The van der Waals surface area contributed by atoms with Crippen molar-refractivity contribution in [3.05, 3.63) is 53.9 Å². The highest BCUT2D eigenvalue weighted by Crippen LogP contribution is 2.28. The van der Waals surface area contributed by atoms with Crippen LogP contribution in [0.1, 0.15) is 0 Å². The van der Waals surface area contributed by atoms with Gasteiger partial charge in [0.2, 0.25) is 5.91 Å². The number of pyridine rings is 1. The van der Waals surface area contributed by atoms with Crippen LogP contribution < -0.4 is 14.4 Å². The van der Waals surface area contributed by atoms with Crippen LogP contribution in [0.15, 0.2) is 53.7 Å². The van der Waals surface area contributed by atoms with Gasteiger partial charge >= 0.3 is 0 Å². The summed E-state index contributed by atoms with van der Waals surface area (Å²) in [6.07, 6.45) is 1.44.